The van der Waals surface area contributed by atoms with E-state index in [1.165, 1.54) is 16.9 Å². The molecule has 0 aromatic carbocycles. The number of nitrogens with two attached hydrogens (primary N) is 1. The summed E-state index contributed by atoms with van der Waals surface area (Å²) in [4.78, 5) is 15.9. The van der Waals surface area contributed by atoms with Crippen LogP contribution in [0.3, 0.4) is 0 Å². The average molecular weight is 312 g/mol. The molecule has 0 aliphatic rings. The van der Waals surface area contributed by atoms with E-state index in [4.69, 9.17) is 5.73 Å². The minimum Gasteiger partial charge on any atom is -0.369 e. The summed E-state index contributed by atoms with van der Waals surface area (Å²) in [6.07, 6.45) is 1.81. The Hall–Kier alpha value is -1.66. The van der Waals surface area contributed by atoms with E-state index in [1.54, 1.807) is 11.1 Å². The van der Waals surface area contributed by atoms with Crippen LogP contribution in [0.4, 0.5) is 5.13 Å². The summed E-state index contributed by atoms with van der Waals surface area (Å²) in [6, 6.07) is 4.02. The van der Waals surface area contributed by atoms with E-state index >= 15 is 0 Å². The molecule has 0 saturated carbocycles. The van der Waals surface area contributed by atoms with Crippen molar-refractivity contribution in [2.24, 2.45) is 10.7 Å². The zero-order chi connectivity index (χ0) is 14.0. The highest BCUT2D eigenvalue weighted by molar-refractivity contribution is 7.18. The minimum absolute atomic E-state index is 0. The Kier molecular flexibility index (Phi) is 5.47. The second-order valence-corrected chi connectivity index (χ2v) is 5.47. The Bertz CT molecular complexity index is 621. The van der Waals surface area contributed by atoms with Crippen LogP contribution in [0.5, 0.6) is 0 Å². The number of pyridine rings is 1. The van der Waals surface area contributed by atoms with Crippen LogP contribution in [0.1, 0.15) is 11.3 Å². The summed E-state index contributed by atoms with van der Waals surface area (Å²) in [5.74, 6) is 0.442. The van der Waals surface area contributed by atoms with Gasteiger partial charge in [-0.3, -0.25) is 4.98 Å². The van der Waals surface area contributed by atoms with E-state index in [1.807, 2.05) is 40.1 Å². The van der Waals surface area contributed by atoms with Crippen molar-refractivity contribution >= 4 is 34.8 Å². The fourth-order valence-corrected chi connectivity index (χ4v) is 2.44. The molecular formula is C13H18ClN5S. The predicted octanol–water partition coefficient (Wildman–Crippen LogP) is 2.75. The highest BCUT2D eigenvalue weighted by Crippen LogP contribution is 2.33. The van der Waals surface area contributed by atoms with Gasteiger partial charge in [-0.1, -0.05) is 11.3 Å². The molecule has 0 aliphatic carbocycles. The molecule has 20 heavy (non-hydrogen) atoms. The highest BCUT2D eigenvalue weighted by Gasteiger charge is 2.11. The number of aliphatic imine (C=N–C) groups is 1. The number of hydrogen-bond acceptors (Lipinski definition) is 4. The monoisotopic (exact) mass is 311 g/mol. The largest absolute Gasteiger partial charge is 0.369 e. The first-order valence-corrected chi connectivity index (χ1v) is 6.71. The maximum Gasteiger partial charge on any atom is 0.213 e. The van der Waals surface area contributed by atoms with Gasteiger partial charge in [-0.15, -0.1) is 12.4 Å². The lowest BCUT2D eigenvalue weighted by Crippen LogP contribution is -2.29. The lowest BCUT2D eigenvalue weighted by Gasteiger charge is -2.08. The second kappa shape index (κ2) is 6.67. The number of aromatic nitrogens is 2. The van der Waals surface area contributed by atoms with Gasteiger partial charge in [0.05, 0.1) is 16.3 Å². The van der Waals surface area contributed by atoms with Crippen molar-refractivity contribution in [2.45, 2.75) is 13.8 Å². The lowest BCUT2D eigenvalue weighted by atomic mass is 10.2. The van der Waals surface area contributed by atoms with Gasteiger partial charge in [0.1, 0.15) is 0 Å². The van der Waals surface area contributed by atoms with Gasteiger partial charge in [-0.05, 0) is 31.5 Å². The first-order valence-electron chi connectivity index (χ1n) is 5.89. The Morgan fingerprint density at radius 3 is 2.65 bits per heavy atom. The molecule has 2 rings (SSSR count). The van der Waals surface area contributed by atoms with Gasteiger partial charge in [-0.25, -0.2) is 4.98 Å². The molecule has 0 bridgehead atoms. The first kappa shape index (κ1) is 16.4. The van der Waals surface area contributed by atoms with Crippen molar-refractivity contribution in [1.82, 2.24) is 14.9 Å². The molecule has 0 amide bonds. The second-order valence-electron chi connectivity index (χ2n) is 4.49. The molecule has 7 heteroatoms. The van der Waals surface area contributed by atoms with Crippen LogP contribution in [0.2, 0.25) is 0 Å². The molecule has 2 aromatic heterocycles. The van der Waals surface area contributed by atoms with Crippen molar-refractivity contribution in [3.8, 4) is 10.6 Å². The van der Waals surface area contributed by atoms with E-state index in [0.29, 0.717) is 11.1 Å². The van der Waals surface area contributed by atoms with Gasteiger partial charge in [0.2, 0.25) is 5.13 Å². The number of nitrogens with zero attached hydrogens (tertiary/aromatic N) is 4. The zero-order valence-corrected chi connectivity index (χ0v) is 13.5. The molecule has 0 spiro atoms. The number of guanidine groups is 1. The average Bonchev–Trinajstić information content (AvgIpc) is 2.70. The van der Waals surface area contributed by atoms with Crippen LogP contribution in [0.25, 0.3) is 10.6 Å². The smallest absolute Gasteiger partial charge is 0.213 e. The molecule has 0 saturated heterocycles. The van der Waals surface area contributed by atoms with Crippen LogP contribution in [-0.4, -0.2) is 34.9 Å². The fraction of sp³-hybridized carbons (Fsp3) is 0.308. The third kappa shape index (κ3) is 3.68. The molecule has 5 nitrogen and oxygen atoms in total. The maximum absolute atomic E-state index is 5.80. The van der Waals surface area contributed by atoms with E-state index in [2.05, 4.69) is 15.0 Å². The van der Waals surface area contributed by atoms with E-state index in [-0.39, 0.29) is 12.4 Å². The molecular weight excluding hydrogens is 294 g/mol. The number of rotatable bonds is 2. The number of aryl methyl sites for hydroxylation is 2. The Labute approximate surface area is 129 Å². The van der Waals surface area contributed by atoms with Crippen molar-refractivity contribution in [3.05, 3.63) is 29.6 Å². The van der Waals surface area contributed by atoms with Crippen LogP contribution in [0.15, 0.2) is 23.3 Å². The molecule has 0 radical (unpaired) electrons. The molecule has 0 aliphatic heterocycles. The van der Waals surface area contributed by atoms with E-state index in [0.717, 1.165) is 16.3 Å². The first-order chi connectivity index (χ1) is 8.97. The quantitative estimate of drug-likeness (QED) is 0.684. The minimum atomic E-state index is 0. The summed E-state index contributed by atoms with van der Waals surface area (Å²) in [5, 5.41) is 0.655. The Balaban J connectivity index is 0.00000200. The fourth-order valence-electron chi connectivity index (χ4n) is 1.53. The lowest BCUT2D eigenvalue weighted by molar-refractivity contribution is 0.614. The van der Waals surface area contributed by atoms with Crippen LogP contribution >= 0.6 is 23.7 Å². The third-order valence-electron chi connectivity index (χ3n) is 2.60. The standard InChI is InChI=1S/C13H17N5S.ClH/c1-8-5-6-15-10(7-8)11-9(2)16-13(19-11)17-12(14)18(3)4;/h5-7H,1-4H3,(H2,14,16,17);1H. The van der Waals surface area contributed by atoms with Gasteiger partial charge >= 0.3 is 0 Å². The summed E-state index contributed by atoms with van der Waals surface area (Å²) >= 11 is 1.50. The van der Waals surface area contributed by atoms with E-state index in [9.17, 15) is 0 Å². The molecule has 0 atom stereocenters. The summed E-state index contributed by atoms with van der Waals surface area (Å²) in [6.45, 7) is 4.01. The summed E-state index contributed by atoms with van der Waals surface area (Å²) in [5.41, 5.74) is 8.83. The number of halogens is 1. The molecule has 2 aromatic rings. The van der Waals surface area contributed by atoms with Gasteiger partial charge in [0.25, 0.3) is 0 Å². The van der Waals surface area contributed by atoms with Gasteiger partial charge in [-0.2, -0.15) is 4.99 Å². The Morgan fingerprint density at radius 1 is 1.35 bits per heavy atom. The predicted molar refractivity (Wildman–Crippen MR) is 87.0 cm³/mol. The van der Waals surface area contributed by atoms with Crippen LogP contribution in [-0.2, 0) is 0 Å². The topological polar surface area (TPSA) is 67.4 Å². The normalized spacial score (nSPS) is 11.1. The highest BCUT2D eigenvalue weighted by atomic mass is 35.5. The van der Waals surface area contributed by atoms with Crippen LogP contribution < -0.4 is 5.73 Å². The van der Waals surface area contributed by atoms with Crippen molar-refractivity contribution in [1.29, 1.82) is 0 Å². The van der Waals surface area contributed by atoms with Gasteiger partial charge in [0, 0.05) is 20.3 Å². The molecule has 0 unspecified atom stereocenters. The van der Waals surface area contributed by atoms with Crippen molar-refractivity contribution in [2.75, 3.05) is 14.1 Å². The van der Waals surface area contributed by atoms with Crippen molar-refractivity contribution < 1.29 is 0 Å². The van der Waals surface area contributed by atoms with Crippen LogP contribution in [0, 0.1) is 13.8 Å². The maximum atomic E-state index is 5.80. The van der Waals surface area contributed by atoms with Gasteiger partial charge in [0.15, 0.2) is 5.96 Å². The molecule has 2 N–H and O–H groups in total. The summed E-state index contributed by atoms with van der Waals surface area (Å²) < 4.78 is 0. The molecule has 0 fully saturated rings. The number of hydrogen-bond donors (Lipinski definition) is 1. The Morgan fingerprint density at radius 2 is 2.05 bits per heavy atom. The van der Waals surface area contributed by atoms with Crippen molar-refractivity contribution in [3.63, 3.8) is 0 Å². The molecule has 108 valence electrons. The van der Waals surface area contributed by atoms with E-state index < -0.39 is 0 Å². The number of thiazole rings is 1. The summed E-state index contributed by atoms with van der Waals surface area (Å²) in [7, 11) is 3.70. The zero-order valence-electron chi connectivity index (χ0n) is 11.9. The third-order valence-corrected chi connectivity index (χ3v) is 3.68. The van der Waals surface area contributed by atoms with Gasteiger partial charge < -0.3 is 10.6 Å². The SMILES string of the molecule is Cc1ccnc(-c2sc(N=C(N)N(C)C)nc2C)c1.Cl. The molecule has 2 heterocycles.